The van der Waals surface area contributed by atoms with E-state index >= 15 is 0 Å². The largest absolute Gasteiger partial charge is 0.316 e. The van der Waals surface area contributed by atoms with Crippen molar-refractivity contribution in [2.75, 3.05) is 7.05 Å². The third-order valence-electron chi connectivity index (χ3n) is 2.67. The summed E-state index contributed by atoms with van der Waals surface area (Å²) in [6.45, 7) is 3.73. The maximum atomic E-state index is 4.51. The van der Waals surface area contributed by atoms with E-state index in [0.29, 0.717) is 0 Å². The fourth-order valence-electron chi connectivity index (χ4n) is 1.78. The molecule has 0 saturated carbocycles. The first kappa shape index (κ1) is 12.3. The van der Waals surface area contributed by atoms with Gasteiger partial charge in [-0.2, -0.15) is 5.10 Å². The molecule has 3 nitrogen and oxygen atoms in total. The Kier molecular flexibility index (Phi) is 3.97. The molecular formula is C13H16BrN3. The van der Waals surface area contributed by atoms with Gasteiger partial charge in [-0.05, 0) is 31.7 Å². The monoisotopic (exact) mass is 293 g/mol. The van der Waals surface area contributed by atoms with Gasteiger partial charge in [-0.1, -0.05) is 28.1 Å². The molecule has 0 aliphatic heterocycles. The van der Waals surface area contributed by atoms with Crippen LogP contribution in [0.3, 0.4) is 0 Å². The smallest absolute Gasteiger partial charge is 0.0659 e. The second-order valence-corrected chi connectivity index (χ2v) is 5.01. The van der Waals surface area contributed by atoms with Crippen molar-refractivity contribution in [3.63, 3.8) is 0 Å². The van der Waals surface area contributed by atoms with Gasteiger partial charge in [-0.15, -0.1) is 0 Å². The van der Waals surface area contributed by atoms with Crippen LogP contribution in [0.1, 0.15) is 16.8 Å². The molecule has 1 aromatic carbocycles. The Labute approximate surface area is 110 Å². The lowest BCUT2D eigenvalue weighted by Crippen LogP contribution is -2.05. The van der Waals surface area contributed by atoms with E-state index in [1.54, 1.807) is 0 Å². The molecule has 1 N–H and O–H groups in total. The van der Waals surface area contributed by atoms with Crippen LogP contribution in [0.15, 0.2) is 34.9 Å². The number of aromatic nitrogens is 2. The molecule has 0 fully saturated rings. The highest BCUT2D eigenvalue weighted by Crippen LogP contribution is 2.12. The maximum Gasteiger partial charge on any atom is 0.0659 e. The quantitative estimate of drug-likeness (QED) is 0.939. The number of hydrogen-bond donors (Lipinski definition) is 1. The highest BCUT2D eigenvalue weighted by Gasteiger charge is 2.04. The van der Waals surface area contributed by atoms with Gasteiger partial charge in [0.1, 0.15) is 0 Å². The molecule has 0 amide bonds. The number of rotatable bonds is 4. The van der Waals surface area contributed by atoms with Gasteiger partial charge in [-0.25, -0.2) is 0 Å². The predicted molar refractivity (Wildman–Crippen MR) is 73.0 cm³/mol. The Morgan fingerprint density at radius 1 is 1.29 bits per heavy atom. The SMILES string of the molecule is CNCc1cn(Cc2ccc(Br)cc2)nc1C. The van der Waals surface area contributed by atoms with Crippen LogP contribution >= 0.6 is 15.9 Å². The summed E-state index contributed by atoms with van der Waals surface area (Å²) in [5.41, 5.74) is 3.60. The van der Waals surface area contributed by atoms with E-state index < -0.39 is 0 Å². The first-order chi connectivity index (χ1) is 8.19. The topological polar surface area (TPSA) is 29.9 Å². The molecule has 0 atom stereocenters. The molecule has 0 spiro atoms. The first-order valence-electron chi connectivity index (χ1n) is 5.61. The van der Waals surface area contributed by atoms with E-state index in [4.69, 9.17) is 0 Å². The van der Waals surface area contributed by atoms with Gasteiger partial charge in [0.05, 0.1) is 12.2 Å². The molecule has 0 bridgehead atoms. The normalized spacial score (nSPS) is 10.8. The third-order valence-corrected chi connectivity index (χ3v) is 3.20. The van der Waals surface area contributed by atoms with Crippen LogP contribution in [0, 0.1) is 6.92 Å². The van der Waals surface area contributed by atoms with Gasteiger partial charge in [0.15, 0.2) is 0 Å². The van der Waals surface area contributed by atoms with Crippen LogP contribution in [0.4, 0.5) is 0 Å². The molecule has 0 saturated heterocycles. The third kappa shape index (κ3) is 3.17. The summed E-state index contributed by atoms with van der Waals surface area (Å²) < 4.78 is 3.10. The summed E-state index contributed by atoms with van der Waals surface area (Å²) in [5, 5.41) is 7.66. The molecule has 1 heterocycles. The molecule has 17 heavy (non-hydrogen) atoms. The zero-order chi connectivity index (χ0) is 12.3. The average Bonchev–Trinajstić information content (AvgIpc) is 2.63. The van der Waals surface area contributed by atoms with Crippen molar-refractivity contribution in [2.45, 2.75) is 20.0 Å². The van der Waals surface area contributed by atoms with Crippen LogP contribution in [-0.2, 0) is 13.1 Å². The van der Waals surface area contributed by atoms with E-state index in [9.17, 15) is 0 Å². The van der Waals surface area contributed by atoms with Crippen molar-refractivity contribution in [1.82, 2.24) is 15.1 Å². The Morgan fingerprint density at radius 3 is 2.65 bits per heavy atom. The Morgan fingerprint density at radius 2 is 2.00 bits per heavy atom. The number of hydrogen-bond acceptors (Lipinski definition) is 2. The van der Waals surface area contributed by atoms with Gasteiger partial charge >= 0.3 is 0 Å². The molecule has 4 heteroatoms. The molecule has 0 radical (unpaired) electrons. The van der Waals surface area contributed by atoms with E-state index in [-0.39, 0.29) is 0 Å². The minimum absolute atomic E-state index is 0.817. The number of benzene rings is 1. The second-order valence-electron chi connectivity index (χ2n) is 4.09. The molecule has 2 aromatic rings. The van der Waals surface area contributed by atoms with Crippen molar-refractivity contribution < 1.29 is 0 Å². The number of nitrogens with one attached hydrogen (secondary N) is 1. The summed E-state index contributed by atoms with van der Waals surface area (Å²) >= 11 is 3.44. The summed E-state index contributed by atoms with van der Waals surface area (Å²) in [5.74, 6) is 0. The van der Waals surface area contributed by atoms with Crippen molar-refractivity contribution in [3.05, 3.63) is 51.8 Å². The lowest BCUT2D eigenvalue weighted by Gasteiger charge is -2.01. The molecule has 0 unspecified atom stereocenters. The van der Waals surface area contributed by atoms with E-state index in [1.807, 2.05) is 18.7 Å². The summed E-state index contributed by atoms with van der Waals surface area (Å²) in [6, 6.07) is 8.33. The van der Waals surface area contributed by atoms with Gasteiger partial charge in [-0.3, -0.25) is 4.68 Å². The number of halogens is 1. The Bertz CT molecular complexity index is 488. The predicted octanol–water partition coefficient (Wildman–Crippen LogP) is 2.72. The van der Waals surface area contributed by atoms with Gasteiger partial charge in [0, 0.05) is 22.8 Å². The van der Waals surface area contributed by atoms with E-state index in [2.05, 4.69) is 56.8 Å². The van der Waals surface area contributed by atoms with Crippen LogP contribution < -0.4 is 5.32 Å². The molecular weight excluding hydrogens is 278 g/mol. The van der Waals surface area contributed by atoms with Crippen LogP contribution in [-0.4, -0.2) is 16.8 Å². The van der Waals surface area contributed by atoms with Crippen molar-refractivity contribution in [3.8, 4) is 0 Å². The summed E-state index contributed by atoms with van der Waals surface area (Å²) in [7, 11) is 1.95. The maximum absolute atomic E-state index is 4.51. The molecule has 1 aromatic heterocycles. The Balaban J connectivity index is 2.13. The highest BCUT2D eigenvalue weighted by atomic mass is 79.9. The van der Waals surface area contributed by atoms with Crippen LogP contribution in [0.2, 0.25) is 0 Å². The molecule has 2 rings (SSSR count). The van der Waals surface area contributed by atoms with Crippen LogP contribution in [0.5, 0.6) is 0 Å². The minimum atomic E-state index is 0.817. The summed E-state index contributed by atoms with van der Waals surface area (Å²) in [4.78, 5) is 0. The summed E-state index contributed by atoms with van der Waals surface area (Å²) in [6.07, 6.45) is 2.11. The molecule has 90 valence electrons. The molecule has 0 aliphatic rings. The van der Waals surface area contributed by atoms with E-state index in [0.717, 1.165) is 23.3 Å². The van der Waals surface area contributed by atoms with Crippen molar-refractivity contribution in [1.29, 1.82) is 0 Å². The zero-order valence-electron chi connectivity index (χ0n) is 10.1. The average molecular weight is 294 g/mol. The van der Waals surface area contributed by atoms with Gasteiger partial charge in [0.25, 0.3) is 0 Å². The van der Waals surface area contributed by atoms with Crippen molar-refractivity contribution >= 4 is 15.9 Å². The zero-order valence-corrected chi connectivity index (χ0v) is 11.7. The number of nitrogens with zero attached hydrogens (tertiary/aromatic N) is 2. The highest BCUT2D eigenvalue weighted by molar-refractivity contribution is 9.10. The number of aryl methyl sites for hydroxylation is 1. The lowest BCUT2D eigenvalue weighted by molar-refractivity contribution is 0.679. The fourth-order valence-corrected chi connectivity index (χ4v) is 2.05. The molecule has 0 aliphatic carbocycles. The fraction of sp³-hybridized carbons (Fsp3) is 0.308. The van der Waals surface area contributed by atoms with Gasteiger partial charge in [0.2, 0.25) is 0 Å². The Hall–Kier alpha value is -1.13. The van der Waals surface area contributed by atoms with Crippen LogP contribution in [0.25, 0.3) is 0 Å². The van der Waals surface area contributed by atoms with Gasteiger partial charge < -0.3 is 5.32 Å². The standard InChI is InChI=1S/C13H16BrN3/c1-10-12(7-15-2)9-17(16-10)8-11-3-5-13(14)6-4-11/h3-6,9,15H,7-8H2,1-2H3. The minimum Gasteiger partial charge on any atom is -0.316 e. The first-order valence-corrected chi connectivity index (χ1v) is 6.40. The van der Waals surface area contributed by atoms with E-state index in [1.165, 1.54) is 11.1 Å². The van der Waals surface area contributed by atoms with Crippen molar-refractivity contribution in [2.24, 2.45) is 0 Å². The lowest BCUT2D eigenvalue weighted by atomic mass is 10.2. The second kappa shape index (κ2) is 5.47.